The summed E-state index contributed by atoms with van der Waals surface area (Å²) in [5, 5.41) is 8.93. The first-order chi connectivity index (χ1) is 8.91. The first kappa shape index (κ1) is 15.4. The molecule has 1 rings (SSSR count). The fourth-order valence-corrected chi connectivity index (χ4v) is 2.19. The SMILES string of the molecule is CCCCCCC1=C(C)C(=O)N([C@@H](C)C(=O)O)C1=O. The predicted molar refractivity (Wildman–Crippen MR) is 70.4 cm³/mol. The van der Waals surface area contributed by atoms with Crippen molar-refractivity contribution in [3.8, 4) is 0 Å². The van der Waals surface area contributed by atoms with E-state index < -0.39 is 23.8 Å². The Labute approximate surface area is 113 Å². The molecule has 1 N–H and O–H groups in total. The fraction of sp³-hybridized carbons (Fsp3) is 0.643. The fourth-order valence-electron chi connectivity index (χ4n) is 2.19. The van der Waals surface area contributed by atoms with Crippen LogP contribution in [-0.2, 0) is 14.4 Å². The molecule has 2 amide bonds. The van der Waals surface area contributed by atoms with Gasteiger partial charge in [0.05, 0.1) is 0 Å². The van der Waals surface area contributed by atoms with Gasteiger partial charge in [-0.1, -0.05) is 26.2 Å². The summed E-state index contributed by atoms with van der Waals surface area (Å²) in [6.45, 7) is 5.06. The van der Waals surface area contributed by atoms with E-state index in [1.807, 2.05) is 0 Å². The Morgan fingerprint density at radius 1 is 1.21 bits per heavy atom. The molecule has 0 bridgehead atoms. The van der Waals surface area contributed by atoms with Crippen molar-refractivity contribution < 1.29 is 19.5 Å². The van der Waals surface area contributed by atoms with E-state index in [9.17, 15) is 14.4 Å². The number of amides is 2. The summed E-state index contributed by atoms with van der Waals surface area (Å²) in [5.74, 6) is -2.07. The topological polar surface area (TPSA) is 74.7 Å². The zero-order valence-electron chi connectivity index (χ0n) is 11.7. The number of nitrogens with zero attached hydrogens (tertiary/aromatic N) is 1. The number of rotatable bonds is 7. The Bertz CT molecular complexity index is 425. The van der Waals surface area contributed by atoms with Crippen molar-refractivity contribution in [3.05, 3.63) is 11.1 Å². The third-order valence-corrected chi connectivity index (χ3v) is 3.49. The monoisotopic (exact) mass is 267 g/mol. The van der Waals surface area contributed by atoms with Crippen LogP contribution < -0.4 is 0 Å². The first-order valence-corrected chi connectivity index (χ1v) is 6.72. The first-order valence-electron chi connectivity index (χ1n) is 6.72. The van der Waals surface area contributed by atoms with Crippen LogP contribution in [0.4, 0.5) is 0 Å². The van der Waals surface area contributed by atoms with Crippen LogP contribution in [0.1, 0.15) is 52.9 Å². The van der Waals surface area contributed by atoms with E-state index in [0.29, 0.717) is 17.6 Å². The van der Waals surface area contributed by atoms with Gasteiger partial charge in [0.15, 0.2) is 0 Å². The highest BCUT2D eigenvalue weighted by molar-refractivity contribution is 6.20. The number of hydrogen-bond donors (Lipinski definition) is 1. The summed E-state index contributed by atoms with van der Waals surface area (Å²) < 4.78 is 0. The summed E-state index contributed by atoms with van der Waals surface area (Å²) >= 11 is 0. The Balaban J connectivity index is 2.75. The van der Waals surface area contributed by atoms with Gasteiger partial charge in [0.1, 0.15) is 6.04 Å². The molecule has 0 aliphatic carbocycles. The predicted octanol–water partition coefficient (Wildman–Crippen LogP) is 2.12. The van der Waals surface area contributed by atoms with Crippen LogP contribution in [0.2, 0.25) is 0 Å². The largest absolute Gasteiger partial charge is 0.480 e. The van der Waals surface area contributed by atoms with Gasteiger partial charge in [-0.3, -0.25) is 14.5 Å². The van der Waals surface area contributed by atoms with Gasteiger partial charge in [0.2, 0.25) is 0 Å². The van der Waals surface area contributed by atoms with Crippen LogP contribution in [0.15, 0.2) is 11.1 Å². The molecule has 0 aromatic rings. The molecule has 0 aromatic heterocycles. The van der Waals surface area contributed by atoms with Gasteiger partial charge in [-0.2, -0.15) is 0 Å². The number of unbranched alkanes of at least 4 members (excludes halogenated alkanes) is 3. The molecule has 5 nitrogen and oxygen atoms in total. The second kappa shape index (κ2) is 6.50. The minimum Gasteiger partial charge on any atom is -0.480 e. The van der Waals surface area contributed by atoms with Gasteiger partial charge in [-0.05, 0) is 26.7 Å². The maximum atomic E-state index is 12.1. The molecule has 19 heavy (non-hydrogen) atoms. The molecular weight excluding hydrogens is 246 g/mol. The van der Waals surface area contributed by atoms with E-state index in [1.54, 1.807) is 6.92 Å². The Kier molecular flexibility index (Phi) is 5.27. The molecular formula is C14H21NO4. The molecule has 0 saturated heterocycles. The molecule has 1 atom stereocenters. The molecule has 0 radical (unpaired) electrons. The quantitative estimate of drug-likeness (QED) is 0.566. The third kappa shape index (κ3) is 3.22. The van der Waals surface area contributed by atoms with E-state index in [0.717, 1.165) is 30.6 Å². The van der Waals surface area contributed by atoms with Gasteiger partial charge < -0.3 is 5.11 Å². The second-order valence-corrected chi connectivity index (χ2v) is 4.91. The number of carbonyl (C=O) groups excluding carboxylic acids is 2. The number of carboxylic acid groups (broad SMARTS) is 1. The van der Waals surface area contributed by atoms with Crippen LogP contribution in [0, 0.1) is 0 Å². The molecule has 1 heterocycles. The number of carbonyl (C=O) groups is 3. The molecule has 1 aliphatic heterocycles. The molecule has 0 aromatic carbocycles. The van der Waals surface area contributed by atoms with Gasteiger partial charge in [-0.25, -0.2) is 4.79 Å². The zero-order chi connectivity index (χ0) is 14.6. The Morgan fingerprint density at radius 3 is 2.37 bits per heavy atom. The van der Waals surface area contributed by atoms with Crippen molar-refractivity contribution in [2.24, 2.45) is 0 Å². The average molecular weight is 267 g/mol. The van der Waals surface area contributed by atoms with Crippen LogP contribution in [0.3, 0.4) is 0 Å². The Hall–Kier alpha value is -1.65. The van der Waals surface area contributed by atoms with Crippen LogP contribution in [0.5, 0.6) is 0 Å². The van der Waals surface area contributed by atoms with Crippen molar-refractivity contribution >= 4 is 17.8 Å². The van der Waals surface area contributed by atoms with Gasteiger partial charge in [0.25, 0.3) is 11.8 Å². The molecule has 0 spiro atoms. The standard InChI is InChI=1S/C14H21NO4/c1-4-5-6-7-8-11-9(2)12(16)15(13(11)17)10(3)14(18)19/h10H,4-8H2,1-3H3,(H,18,19)/t10-/m0/s1. The van der Waals surface area contributed by atoms with Gasteiger partial charge in [-0.15, -0.1) is 0 Å². The van der Waals surface area contributed by atoms with Crippen molar-refractivity contribution in [1.29, 1.82) is 0 Å². The lowest BCUT2D eigenvalue weighted by Gasteiger charge is -2.19. The van der Waals surface area contributed by atoms with Crippen LogP contribution in [-0.4, -0.2) is 33.8 Å². The molecule has 0 unspecified atom stereocenters. The lowest BCUT2D eigenvalue weighted by molar-refractivity contribution is -0.152. The third-order valence-electron chi connectivity index (χ3n) is 3.49. The lowest BCUT2D eigenvalue weighted by atomic mass is 10.0. The normalized spacial score (nSPS) is 17.3. The molecule has 0 saturated carbocycles. The highest BCUT2D eigenvalue weighted by Gasteiger charge is 2.40. The van der Waals surface area contributed by atoms with E-state index in [2.05, 4.69) is 6.92 Å². The second-order valence-electron chi connectivity index (χ2n) is 4.91. The summed E-state index contributed by atoms with van der Waals surface area (Å²) in [6, 6.07) is -1.11. The van der Waals surface area contributed by atoms with Crippen molar-refractivity contribution in [1.82, 2.24) is 4.90 Å². The van der Waals surface area contributed by atoms with Crippen LogP contribution in [0.25, 0.3) is 0 Å². The number of imide groups is 1. The molecule has 5 heteroatoms. The average Bonchev–Trinajstić information content (AvgIpc) is 2.57. The highest BCUT2D eigenvalue weighted by Crippen LogP contribution is 2.26. The van der Waals surface area contributed by atoms with Crippen LogP contribution >= 0.6 is 0 Å². The number of aliphatic carboxylic acids is 1. The van der Waals surface area contributed by atoms with Crippen molar-refractivity contribution in [3.63, 3.8) is 0 Å². The Morgan fingerprint density at radius 2 is 1.84 bits per heavy atom. The van der Waals surface area contributed by atoms with Crippen molar-refractivity contribution in [2.45, 2.75) is 58.9 Å². The summed E-state index contributed by atoms with van der Waals surface area (Å²) in [6.07, 6.45) is 4.63. The number of hydrogen-bond acceptors (Lipinski definition) is 3. The summed E-state index contributed by atoms with van der Waals surface area (Å²) in [4.78, 5) is 35.8. The maximum absolute atomic E-state index is 12.1. The minimum absolute atomic E-state index is 0.398. The highest BCUT2D eigenvalue weighted by atomic mass is 16.4. The van der Waals surface area contributed by atoms with E-state index >= 15 is 0 Å². The molecule has 106 valence electrons. The zero-order valence-corrected chi connectivity index (χ0v) is 11.7. The maximum Gasteiger partial charge on any atom is 0.326 e. The molecule has 1 aliphatic rings. The summed E-state index contributed by atoms with van der Waals surface area (Å²) in [7, 11) is 0. The van der Waals surface area contributed by atoms with Gasteiger partial charge in [0, 0.05) is 11.1 Å². The summed E-state index contributed by atoms with van der Waals surface area (Å²) in [5.41, 5.74) is 0.879. The van der Waals surface area contributed by atoms with Gasteiger partial charge >= 0.3 is 5.97 Å². The van der Waals surface area contributed by atoms with E-state index in [-0.39, 0.29) is 0 Å². The van der Waals surface area contributed by atoms with E-state index in [1.165, 1.54) is 6.92 Å². The van der Waals surface area contributed by atoms with Crippen molar-refractivity contribution in [2.75, 3.05) is 0 Å². The smallest absolute Gasteiger partial charge is 0.326 e. The number of carboxylic acids is 1. The van der Waals surface area contributed by atoms with E-state index in [4.69, 9.17) is 5.11 Å². The lowest BCUT2D eigenvalue weighted by Crippen LogP contribution is -2.43. The minimum atomic E-state index is -1.17. The molecule has 0 fully saturated rings.